The van der Waals surface area contributed by atoms with Crippen molar-refractivity contribution in [3.63, 3.8) is 0 Å². The van der Waals surface area contributed by atoms with Crippen molar-refractivity contribution in [2.75, 3.05) is 7.05 Å². The molecule has 0 spiro atoms. The van der Waals surface area contributed by atoms with Crippen LogP contribution in [0.3, 0.4) is 0 Å². The van der Waals surface area contributed by atoms with E-state index in [4.69, 9.17) is 4.74 Å². The molecule has 2 atom stereocenters. The monoisotopic (exact) mass is 430 g/mol. The van der Waals surface area contributed by atoms with Gasteiger partial charge in [-0.05, 0) is 49.7 Å². The third kappa shape index (κ3) is 5.51. The lowest BCUT2D eigenvalue weighted by molar-refractivity contribution is 0.201. The van der Waals surface area contributed by atoms with Crippen LogP contribution in [0.4, 0.5) is 0 Å². The van der Waals surface area contributed by atoms with Gasteiger partial charge in [-0.1, -0.05) is 6.92 Å². The Hall–Kier alpha value is -1.05. The zero-order chi connectivity index (χ0) is 15.4. The van der Waals surface area contributed by atoms with Gasteiger partial charge in [-0.25, -0.2) is 4.98 Å². The first-order valence-corrected chi connectivity index (χ1v) is 8.33. The average Bonchev–Trinajstić information content (AvgIpc) is 2.99. The lowest BCUT2D eigenvalue weighted by atomic mass is 10.2. The average molecular weight is 430 g/mol. The predicted molar refractivity (Wildman–Crippen MR) is 103 cm³/mol. The number of rotatable bonds is 5. The Bertz CT molecular complexity index is 531. The number of nitrogens with zero attached hydrogens (tertiary/aromatic N) is 2. The summed E-state index contributed by atoms with van der Waals surface area (Å²) in [5.41, 5.74) is 1.16. The van der Waals surface area contributed by atoms with Crippen LogP contribution in [0.15, 0.2) is 23.3 Å². The molecule has 23 heavy (non-hydrogen) atoms. The quantitative estimate of drug-likeness (QED) is 0.428. The highest BCUT2D eigenvalue weighted by Crippen LogP contribution is 2.28. The second kappa shape index (κ2) is 8.70. The standard InChI is InChI=1S/C17H26N4O.HI/c1-12-9-15(12)21-17(18-2)20-11-13-7-8-19-16(10-13)22-14-5-3-4-6-14;/h7-8,10,12,14-15H,3-6,9,11H2,1-2H3,(H2,18,20,21);1H. The van der Waals surface area contributed by atoms with Gasteiger partial charge in [0.2, 0.25) is 5.88 Å². The van der Waals surface area contributed by atoms with Crippen LogP contribution >= 0.6 is 24.0 Å². The molecule has 0 saturated heterocycles. The molecule has 2 N–H and O–H groups in total. The molecule has 0 aromatic carbocycles. The van der Waals surface area contributed by atoms with E-state index in [0.29, 0.717) is 12.1 Å². The number of pyridine rings is 1. The minimum Gasteiger partial charge on any atom is -0.474 e. The molecule has 0 bridgehead atoms. The van der Waals surface area contributed by atoms with E-state index in [1.54, 1.807) is 0 Å². The van der Waals surface area contributed by atoms with Crippen LogP contribution in [0.2, 0.25) is 0 Å². The van der Waals surface area contributed by atoms with E-state index < -0.39 is 0 Å². The minimum absolute atomic E-state index is 0. The largest absolute Gasteiger partial charge is 0.474 e. The zero-order valence-corrected chi connectivity index (χ0v) is 16.2. The smallest absolute Gasteiger partial charge is 0.213 e. The van der Waals surface area contributed by atoms with Gasteiger partial charge in [0.1, 0.15) is 6.10 Å². The molecule has 0 amide bonds. The van der Waals surface area contributed by atoms with Gasteiger partial charge >= 0.3 is 0 Å². The lowest BCUT2D eigenvalue weighted by Gasteiger charge is -2.14. The van der Waals surface area contributed by atoms with Crippen LogP contribution in [-0.2, 0) is 6.54 Å². The summed E-state index contributed by atoms with van der Waals surface area (Å²) in [6.45, 7) is 2.98. The number of hydrogen-bond donors (Lipinski definition) is 2. The second-order valence-corrected chi connectivity index (χ2v) is 6.42. The Morgan fingerprint density at radius 1 is 1.39 bits per heavy atom. The molecule has 1 heterocycles. The molecule has 1 aromatic heterocycles. The lowest BCUT2D eigenvalue weighted by Crippen LogP contribution is -2.38. The number of hydrogen-bond acceptors (Lipinski definition) is 3. The van der Waals surface area contributed by atoms with Gasteiger partial charge in [0, 0.05) is 31.9 Å². The highest BCUT2D eigenvalue weighted by Gasteiger charge is 2.33. The van der Waals surface area contributed by atoms with Crippen LogP contribution in [0, 0.1) is 5.92 Å². The minimum atomic E-state index is 0. The summed E-state index contributed by atoms with van der Waals surface area (Å²) >= 11 is 0. The summed E-state index contributed by atoms with van der Waals surface area (Å²) in [6.07, 6.45) is 8.25. The Balaban J connectivity index is 0.00000192. The van der Waals surface area contributed by atoms with Crippen LogP contribution in [-0.4, -0.2) is 30.1 Å². The fourth-order valence-corrected chi connectivity index (χ4v) is 2.88. The molecule has 5 nitrogen and oxygen atoms in total. The summed E-state index contributed by atoms with van der Waals surface area (Å²) in [4.78, 5) is 8.59. The molecular formula is C17H27IN4O. The maximum atomic E-state index is 5.95. The highest BCUT2D eigenvalue weighted by atomic mass is 127. The van der Waals surface area contributed by atoms with Crippen LogP contribution in [0.1, 0.15) is 44.6 Å². The van der Waals surface area contributed by atoms with Crippen molar-refractivity contribution in [2.24, 2.45) is 10.9 Å². The summed E-state index contributed by atoms with van der Waals surface area (Å²) < 4.78 is 5.95. The van der Waals surface area contributed by atoms with Crippen molar-refractivity contribution in [1.29, 1.82) is 0 Å². The summed E-state index contributed by atoms with van der Waals surface area (Å²) in [5.74, 6) is 2.36. The Morgan fingerprint density at radius 3 is 2.78 bits per heavy atom. The van der Waals surface area contributed by atoms with Gasteiger partial charge in [-0.15, -0.1) is 24.0 Å². The summed E-state index contributed by atoms with van der Waals surface area (Å²) in [7, 11) is 1.81. The number of aliphatic imine (C=N–C) groups is 1. The molecule has 128 valence electrons. The van der Waals surface area contributed by atoms with Gasteiger partial charge in [0.15, 0.2) is 5.96 Å². The van der Waals surface area contributed by atoms with E-state index >= 15 is 0 Å². The van der Waals surface area contributed by atoms with E-state index in [9.17, 15) is 0 Å². The Kier molecular flexibility index (Phi) is 6.92. The first kappa shape index (κ1) is 18.3. The summed E-state index contributed by atoms with van der Waals surface area (Å²) in [6, 6.07) is 4.62. The van der Waals surface area contributed by atoms with Crippen LogP contribution < -0.4 is 15.4 Å². The van der Waals surface area contributed by atoms with E-state index in [1.807, 2.05) is 25.4 Å². The highest BCUT2D eigenvalue weighted by molar-refractivity contribution is 14.0. The van der Waals surface area contributed by atoms with E-state index in [1.165, 1.54) is 19.3 Å². The predicted octanol–water partition coefficient (Wildman–Crippen LogP) is 3.09. The van der Waals surface area contributed by atoms with Gasteiger partial charge in [-0.3, -0.25) is 4.99 Å². The number of nitrogens with one attached hydrogen (secondary N) is 2. The third-order valence-electron chi connectivity index (χ3n) is 4.50. The van der Waals surface area contributed by atoms with E-state index in [0.717, 1.165) is 42.7 Å². The van der Waals surface area contributed by atoms with Crippen LogP contribution in [0.25, 0.3) is 0 Å². The van der Waals surface area contributed by atoms with Crippen molar-refractivity contribution in [3.8, 4) is 5.88 Å². The molecule has 0 aliphatic heterocycles. The molecule has 0 radical (unpaired) electrons. The maximum Gasteiger partial charge on any atom is 0.213 e. The second-order valence-electron chi connectivity index (χ2n) is 6.42. The molecular weight excluding hydrogens is 403 g/mol. The first-order valence-electron chi connectivity index (χ1n) is 8.33. The first-order chi connectivity index (χ1) is 10.7. The van der Waals surface area contributed by atoms with E-state index in [2.05, 4.69) is 27.5 Å². The number of guanidine groups is 1. The zero-order valence-electron chi connectivity index (χ0n) is 13.9. The molecule has 1 aromatic rings. The van der Waals surface area contributed by atoms with Crippen LogP contribution in [0.5, 0.6) is 5.88 Å². The molecule has 2 aliphatic carbocycles. The maximum absolute atomic E-state index is 5.95. The number of aromatic nitrogens is 1. The number of halogens is 1. The third-order valence-corrected chi connectivity index (χ3v) is 4.50. The van der Waals surface area contributed by atoms with Gasteiger partial charge in [-0.2, -0.15) is 0 Å². The van der Waals surface area contributed by atoms with Gasteiger partial charge in [0.05, 0.1) is 0 Å². The van der Waals surface area contributed by atoms with Crippen molar-refractivity contribution >= 4 is 29.9 Å². The van der Waals surface area contributed by atoms with Crippen molar-refractivity contribution in [1.82, 2.24) is 15.6 Å². The molecule has 2 saturated carbocycles. The molecule has 2 unspecified atom stereocenters. The number of ether oxygens (including phenoxy) is 1. The van der Waals surface area contributed by atoms with Crippen molar-refractivity contribution < 1.29 is 4.74 Å². The Labute approximate surface area is 155 Å². The van der Waals surface area contributed by atoms with Crippen molar-refractivity contribution in [3.05, 3.63) is 23.9 Å². The fourth-order valence-electron chi connectivity index (χ4n) is 2.88. The van der Waals surface area contributed by atoms with E-state index in [-0.39, 0.29) is 24.0 Å². The van der Waals surface area contributed by atoms with Crippen molar-refractivity contribution in [2.45, 2.75) is 57.7 Å². The topological polar surface area (TPSA) is 58.5 Å². The summed E-state index contributed by atoms with van der Waals surface area (Å²) in [5, 5.41) is 6.78. The van der Waals surface area contributed by atoms with Gasteiger partial charge in [0.25, 0.3) is 0 Å². The molecule has 3 rings (SSSR count). The molecule has 6 heteroatoms. The Morgan fingerprint density at radius 2 is 2.13 bits per heavy atom. The molecule has 2 fully saturated rings. The SMILES string of the molecule is CN=C(NCc1ccnc(OC2CCCC2)c1)NC1CC1C.I. The molecule has 2 aliphatic rings. The normalized spacial score (nSPS) is 24.0. The fraction of sp³-hybridized carbons (Fsp3) is 0.647. The van der Waals surface area contributed by atoms with Gasteiger partial charge < -0.3 is 15.4 Å².